The molecular weight excluding hydrogens is 410 g/mol. The van der Waals surface area contributed by atoms with Crippen LogP contribution in [0.4, 0.5) is 11.9 Å². The van der Waals surface area contributed by atoms with Crippen LogP contribution >= 0.6 is 11.6 Å². The van der Waals surface area contributed by atoms with Gasteiger partial charge in [0, 0.05) is 10.7 Å². The molecule has 2 N–H and O–H groups in total. The molecule has 9 heteroatoms. The molecule has 1 atom stereocenters. The van der Waals surface area contributed by atoms with Crippen LogP contribution in [-0.4, -0.2) is 28.9 Å². The average Bonchev–Trinajstić information content (AvgIpc) is 3.10. The van der Waals surface area contributed by atoms with Gasteiger partial charge in [-0.15, -0.1) is 5.10 Å². The third kappa shape index (κ3) is 4.13. The molecule has 0 amide bonds. The summed E-state index contributed by atoms with van der Waals surface area (Å²) >= 11 is 6.04. The quantitative estimate of drug-likeness (QED) is 0.638. The van der Waals surface area contributed by atoms with E-state index in [9.17, 15) is 8.42 Å². The summed E-state index contributed by atoms with van der Waals surface area (Å²) in [5, 5.41) is 8.28. The van der Waals surface area contributed by atoms with E-state index < -0.39 is 10.0 Å². The van der Waals surface area contributed by atoms with Crippen LogP contribution in [-0.2, 0) is 10.0 Å². The minimum Gasteiger partial charge on any atom is -0.324 e. The van der Waals surface area contributed by atoms with Crippen LogP contribution in [0.5, 0.6) is 0 Å². The second kappa shape index (κ2) is 7.53. The van der Waals surface area contributed by atoms with Crippen molar-refractivity contribution in [3.63, 3.8) is 0 Å². The van der Waals surface area contributed by atoms with Crippen molar-refractivity contribution in [2.24, 2.45) is 0 Å². The summed E-state index contributed by atoms with van der Waals surface area (Å²) in [5.74, 6) is 0.432. The van der Waals surface area contributed by atoms with E-state index in [0.717, 1.165) is 16.8 Å². The lowest BCUT2D eigenvalue weighted by atomic mass is 10.0. The van der Waals surface area contributed by atoms with Crippen LogP contribution in [0.15, 0.2) is 54.6 Å². The Hall–Kier alpha value is -2.84. The number of rotatable bonds is 5. The molecule has 2 heterocycles. The van der Waals surface area contributed by atoms with E-state index in [1.54, 1.807) is 11.6 Å². The summed E-state index contributed by atoms with van der Waals surface area (Å²) < 4.78 is 28.0. The lowest BCUT2D eigenvalue weighted by Gasteiger charge is -2.24. The van der Waals surface area contributed by atoms with Gasteiger partial charge in [0.15, 0.2) is 0 Å². The first-order valence-corrected chi connectivity index (χ1v) is 11.2. The second-order valence-corrected chi connectivity index (χ2v) is 9.22. The summed E-state index contributed by atoms with van der Waals surface area (Å²) in [6, 6.07) is 15.3. The second-order valence-electron chi connectivity index (χ2n) is 6.78. The number of nitrogens with zero attached hydrogens (tertiary/aromatic N) is 3. The molecule has 0 bridgehead atoms. The van der Waals surface area contributed by atoms with Gasteiger partial charge in [0.05, 0.1) is 5.75 Å². The highest BCUT2D eigenvalue weighted by atomic mass is 35.5. The van der Waals surface area contributed by atoms with Crippen molar-refractivity contribution in [1.29, 1.82) is 0 Å². The molecule has 0 aliphatic carbocycles. The molecule has 7 nitrogen and oxygen atoms in total. The largest absolute Gasteiger partial charge is 0.324 e. The van der Waals surface area contributed by atoms with Gasteiger partial charge in [-0.2, -0.15) is 4.98 Å². The van der Waals surface area contributed by atoms with Gasteiger partial charge in [-0.3, -0.25) is 0 Å². The fourth-order valence-corrected chi connectivity index (χ4v) is 3.68. The van der Waals surface area contributed by atoms with Crippen molar-refractivity contribution < 1.29 is 8.42 Å². The number of nitrogens with one attached hydrogen (secondary N) is 2. The lowest BCUT2D eigenvalue weighted by Crippen LogP contribution is -2.20. The number of hydrogen-bond acceptors (Lipinski definition) is 5. The molecule has 1 aliphatic heterocycles. The maximum Gasteiger partial charge on any atom is 0.257 e. The smallest absolute Gasteiger partial charge is 0.257 e. The van der Waals surface area contributed by atoms with Crippen LogP contribution in [0, 0.1) is 6.92 Å². The molecule has 0 saturated carbocycles. The minimum absolute atomic E-state index is 0.0341. The number of allylic oxidation sites excluding steroid dienone is 1. The molecule has 0 fully saturated rings. The van der Waals surface area contributed by atoms with Gasteiger partial charge in [0.2, 0.25) is 16.0 Å². The summed E-state index contributed by atoms with van der Waals surface area (Å²) in [5.41, 5.74) is 3.99. The Morgan fingerprint density at radius 2 is 1.83 bits per heavy atom. The number of sulfonamides is 1. The highest BCUT2D eigenvalue weighted by molar-refractivity contribution is 7.92. The van der Waals surface area contributed by atoms with Gasteiger partial charge in [0.1, 0.15) is 6.04 Å². The molecule has 3 aromatic rings. The number of aromatic nitrogens is 3. The van der Waals surface area contributed by atoms with Crippen molar-refractivity contribution in [3.8, 4) is 0 Å². The zero-order valence-corrected chi connectivity index (χ0v) is 17.5. The van der Waals surface area contributed by atoms with Crippen molar-refractivity contribution in [2.45, 2.75) is 19.9 Å². The predicted molar refractivity (Wildman–Crippen MR) is 115 cm³/mol. The zero-order valence-electron chi connectivity index (χ0n) is 15.9. The van der Waals surface area contributed by atoms with Gasteiger partial charge in [0.25, 0.3) is 5.95 Å². The molecule has 0 unspecified atom stereocenters. The normalized spacial score (nSPS) is 16.0. The summed E-state index contributed by atoms with van der Waals surface area (Å²) in [6.45, 7) is 3.59. The highest BCUT2D eigenvalue weighted by Crippen LogP contribution is 2.33. The van der Waals surface area contributed by atoms with E-state index >= 15 is 0 Å². The SMILES string of the molecule is CCS(=O)(=O)Nc1nc2n(n1)[C@H](c1ccc(Cl)cc1)C=C(c1ccc(C)cc1)N2. The van der Waals surface area contributed by atoms with Crippen molar-refractivity contribution in [1.82, 2.24) is 14.8 Å². The molecule has 0 spiro atoms. The first kappa shape index (κ1) is 19.5. The highest BCUT2D eigenvalue weighted by Gasteiger charge is 2.26. The van der Waals surface area contributed by atoms with Gasteiger partial charge >= 0.3 is 0 Å². The molecule has 150 valence electrons. The van der Waals surface area contributed by atoms with Gasteiger partial charge < -0.3 is 5.32 Å². The topological polar surface area (TPSA) is 88.9 Å². The fourth-order valence-electron chi connectivity index (χ4n) is 3.05. The third-order valence-electron chi connectivity index (χ3n) is 4.67. The molecule has 2 aromatic carbocycles. The molecule has 4 rings (SSSR count). The fraction of sp³-hybridized carbons (Fsp3) is 0.200. The minimum atomic E-state index is -3.48. The number of anilines is 2. The summed E-state index contributed by atoms with van der Waals surface area (Å²) in [4.78, 5) is 4.35. The number of benzene rings is 2. The van der Waals surface area contributed by atoms with E-state index in [1.165, 1.54) is 5.56 Å². The monoisotopic (exact) mass is 429 g/mol. The van der Waals surface area contributed by atoms with Crippen molar-refractivity contribution in [3.05, 3.63) is 76.3 Å². The van der Waals surface area contributed by atoms with Crippen LogP contribution in [0.2, 0.25) is 5.02 Å². The standard InChI is InChI=1S/C20H20ClN5O2S/c1-3-29(27,28)25-19-23-20-22-17(14-6-4-13(2)5-7-14)12-18(26(20)24-19)15-8-10-16(21)11-9-15/h4-12,18H,3H2,1-2H3,(H2,22,23,24,25)/t18-/m0/s1. The Morgan fingerprint density at radius 3 is 2.48 bits per heavy atom. The maximum atomic E-state index is 11.9. The first-order chi connectivity index (χ1) is 13.8. The average molecular weight is 430 g/mol. The summed E-state index contributed by atoms with van der Waals surface area (Å²) in [6.07, 6.45) is 2.04. The van der Waals surface area contributed by atoms with E-state index in [2.05, 4.69) is 20.1 Å². The molecular formula is C20H20ClN5O2S. The Bertz CT molecular complexity index is 1170. The van der Waals surface area contributed by atoms with E-state index in [4.69, 9.17) is 11.6 Å². The zero-order chi connectivity index (χ0) is 20.6. The number of aryl methyl sites for hydroxylation is 1. The van der Waals surface area contributed by atoms with Crippen molar-refractivity contribution >= 4 is 39.2 Å². The third-order valence-corrected chi connectivity index (χ3v) is 6.17. The lowest BCUT2D eigenvalue weighted by molar-refractivity contribution is 0.599. The molecule has 1 aromatic heterocycles. The molecule has 29 heavy (non-hydrogen) atoms. The van der Waals surface area contributed by atoms with Crippen LogP contribution in [0.3, 0.4) is 0 Å². The van der Waals surface area contributed by atoms with E-state index in [-0.39, 0.29) is 17.7 Å². The molecule has 1 aliphatic rings. The Balaban J connectivity index is 1.78. The number of hydrogen-bond donors (Lipinski definition) is 2. The van der Waals surface area contributed by atoms with Crippen LogP contribution < -0.4 is 10.0 Å². The van der Waals surface area contributed by atoms with E-state index in [0.29, 0.717) is 11.0 Å². The van der Waals surface area contributed by atoms with Crippen molar-refractivity contribution in [2.75, 3.05) is 15.8 Å². The van der Waals surface area contributed by atoms with Gasteiger partial charge in [-0.1, -0.05) is 53.6 Å². The molecule has 0 saturated heterocycles. The Kier molecular flexibility index (Phi) is 5.06. The molecule has 0 radical (unpaired) electrons. The summed E-state index contributed by atoms with van der Waals surface area (Å²) in [7, 11) is -3.48. The Labute approximate surface area is 174 Å². The first-order valence-electron chi connectivity index (χ1n) is 9.13. The number of halogens is 1. The number of fused-ring (bicyclic) bond motifs is 1. The van der Waals surface area contributed by atoms with Crippen LogP contribution in [0.1, 0.15) is 29.7 Å². The van der Waals surface area contributed by atoms with Gasteiger partial charge in [-0.05, 0) is 43.2 Å². The van der Waals surface area contributed by atoms with Crippen LogP contribution in [0.25, 0.3) is 5.70 Å². The Morgan fingerprint density at radius 1 is 1.14 bits per heavy atom. The van der Waals surface area contributed by atoms with Gasteiger partial charge in [-0.25, -0.2) is 17.8 Å². The maximum absolute atomic E-state index is 11.9. The van der Waals surface area contributed by atoms with E-state index in [1.807, 2.05) is 61.5 Å². The predicted octanol–water partition coefficient (Wildman–Crippen LogP) is 4.06.